The number of thiol groups is 2. The molecule has 1 heterocycles. The van der Waals surface area contributed by atoms with Crippen molar-refractivity contribution in [2.24, 2.45) is 11.5 Å². The summed E-state index contributed by atoms with van der Waals surface area (Å²) < 4.78 is 0. The number of aliphatic hydroxyl groups is 1. The fourth-order valence-electron chi connectivity index (χ4n) is 8.24. The molecule has 0 saturated carbocycles. The molecule has 412 valence electrons. The number of hydrogen-bond acceptors (Lipinski definition) is 14. The van der Waals surface area contributed by atoms with Gasteiger partial charge >= 0.3 is 5.97 Å². The number of H-pyrrole nitrogens is 1. The summed E-state index contributed by atoms with van der Waals surface area (Å²) in [7, 11) is 0. The van der Waals surface area contributed by atoms with E-state index in [4.69, 9.17) is 11.5 Å². The number of nitrogens with one attached hydrogen (secondary N) is 8. The van der Waals surface area contributed by atoms with Gasteiger partial charge in [0.1, 0.15) is 48.0 Å². The van der Waals surface area contributed by atoms with Crippen molar-refractivity contribution in [3.63, 3.8) is 0 Å². The molecule has 0 unspecified atom stereocenters. The Morgan fingerprint density at radius 2 is 0.974 bits per heavy atom. The van der Waals surface area contributed by atoms with E-state index in [2.05, 4.69) is 67.5 Å². The molecule has 15 N–H and O–H groups in total. The number of para-hydroxylation sites is 1. The van der Waals surface area contributed by atoms with Gasteiger partial charge in [-0.05, 0) is 73.2 Å². The highest BCUT2D eigenvalue weighted by atomic mass is 32.1. The second-order valence-corrected chi connectivity index (χ2v) is 19.2. The number of phenols is 1. The van der Waals surface area contributed by atoms with Gasteiger partial charge < -0.3 is 69.0 Å². The van der Waals surface area contributed by atoms with Gasteiger partial charge in [0, 0.05) is 54.3 Å². The van der Waals surface area contributed by atoms with Gasteiger partial charge in [-0.15, -0.1) is 0 Å². The maximum atomic E-state index is 14.8. The van der Waals surface area contributed by atoms with Crippen LogP contribution < -0.4 is 48.7 Å². The molecule has 77 heavy (non-hydrogen) atoms. The second kappa shape index (κ2) is 30.3. The van der Waals surface area contributed by atoms with E-state index in [0.717, 1.165) is 10.9 Å². The molecule has 4 aromatic carbocycles. The predicted octanol–water partition coefficient (Wildman–Crippen LogP) is 0.319. The third-order valence-electron chi connectivity index (χ3n) is 12.5. The first-order valence-corrected chi connectivity index (χ1v) is 26.3. The summed E-state index contributed by atoms with van der Waals surface area (Å²) in [6, 6.07) is 19.5. The molecule has 21 nitrogen and oxygen atoms in total. The number of aliphatic carboxylic acids is 1. The van der Waals surface area contributed by atoms with Crippen LogP contribution >= 0.6 is 25.3 Å². The molecule has 23 heteroatoms. The van der Waals surface area contributed by atoms with Crippen LogP contribution in [0.25, 0.3) is 10.9 Å². The van der Waals surface area contributed by atoms with Crippen LogP contribution in [0.2, 0.25) is 0 Å². The van der Waals surface area contributed by atoms with Gasteiger partial charge in [-0.3, -0.25) is 33.6 Å². The molecule has 0 aliphatic heterocycles. The largest absolute Gasteiger partial charge is 0.508 e. The number of unbranched alkanes of at least 4 members (excludes halogenated alkanes) is 1. The van der Waals surface area contributed by atoms with Crippen molar-refractivity contribution in [2.45, 2.75) is 106 Å². The number of hydrogen-bond donors (Lipinski definition) is 15. The van der Waals surface area contributed by atoms with Crippen LogP contribution in [0.15, 0.2) is 115 Å². The number of benzene rings is 4. The van der Waals surface area contributed by atoms with Gasteiger partial charge in [-0.2, -0.15) is 25.3 Å². The first-order chi connectivity index (χ1) is 36.9. The summed E-state index contributed by atoms with van der Waals surface area (Å²) >= 11 is 8.15. The van der Waals surface area contributed by atoms with Crippen molar-refractivity contribution in [1.82, 2.24) is 42.2 Å². The zero-order valence-corrected chi connectivity index (χ0v) is 44.2. The van der Waals surface area contributed by atoms with E-state index in [1.165, 1.54) is 19.1 Å². The summed E-state index contributed by atoms with van der Waals surface area (Å²) in [6.45, 7) is 1.46. The second-order valence-electron chi connectivity index (χ2n) is 18.5. The fourth-order valence-corrected chi connectivity index (χ4v) is 8.66. The standard InChI is InChI=1S/C54H68N10O11S2/c1-31(65)46(53(73)62-43(25-33-14-6-3-7-15-33)51(71)63-45(30-77)54(74)75)64-48(68)40(18-10-11-23-55)58-52(72)44(27-35-28-57-39-17-9-8-16-37(35)39)61-50(70)42(26-34-19-21-36(66)22-20-34)60-49(69)41(59-47(67)38(56)29-76)24-32-12-4-2-5-13-32/h2-9,12-17,19-22,28,31,38,40-46,57,65-66,76-77H,10-11,18,23-27,29-30,55-56H2,1H3,(H,58,72)(H,59,67)(H,60,69)(H,61,70)(H,62,73)(H,63,71)(H,64,68)(H,74,75)/t31-,38+,40+,41+,42+,43+,44-,45+,46+/m1/s1. The Hall–Kier alpha value is -7.44. The van der Waals surface area contributed by atoms with E-state index < -0.39 is 102 Å². The van der Waals surface area contributed by atoms with E-state index in [0.29, 0.717) is 35.1 Å². The van der Waals surface area contributed by atoms with Crippen LogP contribution in [0, 0.1) is 0 Å². The van der Waals surface area contributed by atoms with E-state index >= 15 is 0 Å². The van der Waals surface area contributed by atoms with Gasteiger partial charge in [0.2, 0.25) is 41.4 Å². The molecule has 0 aliphatic carbocycles. The van der Waals surface area contributed by atoms with Gasteiger partial charge in [0.15, 0.2) is 0 Å². The van der Waals surface area contributed by atoms with Crippen LogP contribution in [-0.4, -0.2) is 140 Å². The van der Waals surface area contributed by atoms with Gasteiger partial charge in [-0.25, -0.2) is 4.79 Å². The monoisotopic (exact) mass is 1100 g/mol. The molecular formula is C54H68N10O11S2. The van der Waals surface area contributed by atoms with Crippen LogP contribution in [0.4, 0.5) is 0 Å². The number of nitrogens with two attached hydrogens (primary N) is 2. The number of aliphatic hydroxyl groups excluding tert-OH is 1. The Balaban J connectivity index is 1.45. The van der Waals surface area contributed by atoms with Crippen LogP contribution in [0.3, 0.4) is 0 Å². The third-order valence-corrected chi connectivity index (χ3v) is 13.3. The summed E-state index contributed by atoms with van der Waals surface area (Å²) in [5.41, 5.74) is 14.9. The maximum Gasteiger partial charge on any atom is 0.327 e. The summed E-state index contributed by atoms with van der Waals surface area (Å²) in [5.74, 6) is -7.59. The number of aromatic hydroxyl groups is 1. The van der Waals surface area contributed by atoms with Crippen LogP contribution in [0.1, 0.15) is 48.4 Å². The minimum Gasteiger partial charge on any atom is -0.508 e. The lowest BCUT2D eigenvalue weighted by atomic mass is 10.00. The van der Waals surface area contributed by atoms with Gasteiger partial charge in [0.25, 0.3) is 0 Å². The average Bonchev–Trinajstić information content (AvgIpc) is 3.83. The van der Waals surface area contributed by atoms with Crippen molar-refractivity contribution in [2.75, 3.05) is 18.1 Å². The van der Waals surface area contributed by atoms with E-state index in [1.54, 1.807) is 85.1 Å². The molecular weight excluding hydrogens is 1030 g/mol. The Bertz CT molecular complexity index is 2770. The van der Waals surface area contributed by atoms with Crippen molar-refractivity contribution in [3.8, 4) is 5.75 Å². The van der Waals surface area contributed by atoms with Crippen molar-refractivity contribution >= 4 is 83.5 Å². The van der Waals surface area contributed by atoms with E-state index in [1.807, 2.05) is 18.2 Å². The molecule has 0 fully saturated rings. The molecule has 0 spiro atoms. The highest BCUT2D eigenvalue weighted by molar-refractivity contribution is 7.80. The lowest BCUT2D eigenvalue weighted by Crippen LogP contribution is -2.62. The first-order valence-electron chi connectivity index (χ1n) is 25.0. The zero-order valence-electron chi connectivity index (χ0n) is 42.4. The quantitative estimate of drug-likeness (QED) is 0.0218. The Kier molecular flexibility index (Phi) is 23.8. The minimum absolute atomic E-state index is 0.00919. The van der Waals surface area contributed by atoms with E-state index in [9.17, 15) is 53.7 Å². The Morgan fingerprint density at radius 3 is 1.47 bits per heavy atom. The van der Waals surface area contributed by atoms with Crippen LogP contribution in [-0.2, 0) is 64.0 Å². The molecule has 5 aromatic rings. The first kappa shape index (κ1) is 60.4. The van der Waals surface area contributed by atoms with Crippen molar-refractivity contribution in [1.29, 1.82) is 0 Å². The molecule has 0 aliphatic rings. The number of carboxylic acids is 1. The third kappa shape index (κ3) is 18.7. The zero-order chi connectivity index (χ0) is 56.0. The number of carbonyl (C=O) groups excluding carboxylic acids is 7. The summed E-state index contributed by atoms with van der Waals surface area (Å²) in [5, 5.41) is 49.7. The molecule has 5 rings (SSSR count). The van der Waals surface area contributed by atoms with Gasteiger partial charge in [-0.1, -0.05) is 91.0 Å². The number of phenolic OH excluding ortho intramolecular Hbond substituents is 1. The number of carbonyl (C=O) groups is 8. The normalized spacial score (nSPS) is 14.7. The summed E-state index contributed by atoms with van der Waals surface area (Å²) in [6.07, 6.45) is 0.394. The SMILES string of the molecule is C[C@@H](O)[C@H](NC(=O)[C@H](CCCCN)NC(=O)[C@@H](Cc1c[nH]c2ccccc12)NC(=O)[C@H](Cc1ccc(O)cc1)NC(=O)[C@H](Cc1ccccc1)NC(=O)[C@@H](N)CS)C(=O)N[C@@H](Cc1ccccc1)C(=O)N[C@@H](CS)C(=O)O. The maximum absolute atomic E-state index is 14.8. The van der Waals surface area contributed by atoms with Crippen molar-refractivity contribution in [3.05, 3.63) is 138 Å². The highest BCUT2D eigenvalue weighted by Crippen LogP contribution is 2.20. The smallest absolute Gasteiger partial charge is 0.327 e. The van der Waals surface area contributed by atoms with Crippen molar-refractivity contribution < 1.29 is 53.7 Å². The van der Waals surface area contributed by atoms with Crippen LogP contribution in [0.5, 0.6) is 5.75 Å². The number of amides is 7. The number of aromatic amines is 1. The predicted molar refractivity (Wildman–Crippen MR) is 296 cm³/mol. The molecule has 1 aromatic heterocycles. The fraction of sp³-hybridized carbons (Fsp3) is 0.370. The van der Waals surface area contributed by atoms with Gasteiger partial charge in [0.05, 0.1) is 12.1 Å². The lowest BCUT2D eigenvalue weighted by molar-refractivity contribution is -0.141. The highest BCUT2D eigenvalue weighted by Gasteiger charge is 2.36. The molecule has 0 saturated heterocycles. The molecule has 9 atom stereocenters. The van der Waals surface area contributed by atoms with E-state index in [-0.39, 0.29) is 55.9 Å². The number of rotatable bonds is 30. The Labute approximate surface area is 456 Å². The molecule has 7 amide bonds. The topological polar surface area (TPSA) is 349 Å². The lowest BCUT2D eigenvalue weighted by Gasteiger charge is -2.29. The average molecular weight is 1100 g/mol. The molecule has 0 bridgehead atoms. The Morgan fingerprint density at radius 1 is 0.532 bits per heavy atom. The number of aromatic nitrogens is 1. The summed E-state index contributed by atoms with van der Waals surface area (Å²) in [4.78, 5) is 114. The number of carboxylic acid groups (broad SMARTS) is 1. The minimum atomic E-state index is -1.71. The number of fused-ring (bicyclic) bond motifs is 1. The molecule has 0 radical (unpaired) electrons.